The molecule has 0 aliphatic heterocycles. The van der Waals surface area contributed by atoms with Crippen LogP contribution in [-0.2, 0) is 11.8 Å². The predicted molar refractivity (Wildman–Crippen MR) is 108 cm³/mol. The quantitative estimate of drug-likeness (QED) is 0.569. The molecule has 1 unspecified atom stereocenters. The molecule has 1 aliphatic rings. The molecule has 0 saturated heterocycles. The van der Waals surface area contributed by atoms with Gasteiger partial charge in [0.25, 0.3) is 0 Å². The van der Waals surface area contributed by atoms with E-state index in [0.29, 0.717) is 5.92 Å². The summed E-state index contributed by atoms with van der Waals surface area (Å²) in [6.07, 6.45) is 5.11. The number of halogens is 1. The van der Waals surface area contributed by atoms with Crippen molar-refractivity contribution in [1.82, 2.24) is 4.90 Å². The second kappa shape index (κ2) is 9.15. The van der Waals surface area contributed by atoms with E-state index in [1.807, 2.05) is 12.1 Å². The van der Waals surface area contributed by atoms with Gasteiger partial charge in [0.2, 0.25) is 0 Å². The molecule has 1 atom stereocenters. The van der Waals surface area contributed by atoms with Crippen LogP contribution in [0.4, 0.5) is 4.39 Å². The van der Waals surface area contributed by atoms with Crippen LogP contribution in [-0.4, -0.2) is 24.5 Å². The van der Waals surface area contributed by atoms with Crippen LogP contribution in [0, 0.1) is 23.1 Å². The minimum absolute atomic E-state index is 0.237. The molecule has 0 aromatic heterocycles. The lowest BCUT2D eigenvalue weighted by Crippen LogP contribution is -2.31. The third-order valence-electron chi connectivity index (χ3n) is 5.89. The number of likely N-dealkylation sites (N-methyl/N-ethyl adjacent to an activating group) is 1. The molecule has 2 aromatic carbocycles. The van der Waals surface area contributed by atoms with Gasteiger partial charge in [0.1, 0.15) is 5.82 Å². The topological polar surface area (TPSA) is 27.0 Å². The second-order valence-corrected chi connectivity index (χ2v) is 7.64. The lowest BCUT2D eigenvalue weighted by Gasteiger charge is -2.29. The molecular formula is C24H29FN2. The largest absolute Gasteiger partial charge is 0.303 e. The van der Waals surface area contributed by atoms with E-state index in [2.05, 4.69) is 48.2 Å². The fourth-order valence-corrected chi connectivity index (χ4v) is 4.06. The van der Waals surface area contributed by atoms with Crippen molar-refractivity contribution in [1.29, 1.82) is 5.26 Å². The van der Waals surface area contributed by atoms with Crippen LogP contribution in [0.15, 0.2) is 54.6 Å². The van der Waals surface area contributed by atoms with E-state index in [1.54, 1.807) is 0 Å². The van der Waals surface area contributed by atoms with Gasteiger partial charge in [-0.25, -0.2) is 4.39 Å². The molecule has 0 spiro atoms. The van der Waals surface area contributed by atoms with Crippen molar-refractivity contribution < 1.29 is 4.39 Å². The molecule has 0 radical (unpaired) electrons. The van der Waals surface area contributed by atoms with E-state index in [4.69, 9.17) is 0 Å². The summed E-state index contributed by atoms with van der Waals surface area (Å²) >= 11 is 0. The number of nitriles is 1. The van der Waals surface area contributed by atoms with Gasteiger partial charge < -0.3 is 4.90 Å². The zero-order chi connectivity index (χ0) is 19.1. The molecule has 1 fully saturated rings. The zero-order valence-corrected chi connectivity index (χ0v) is 16.2. The molecule has 3 rings (SSSR count). The van der Waals surface area contributed by atoms with Crippen LogP contribution in [0.5, 0.6) is 0 Å². The summed E-state index contributed by atoms with van der Waals surface area (Å²) in [5.74, 6) is 0.187. The first kappa shape index (κ1) is 19.6. The normalized spacial score (nSPS) is 16.1. The molecule has 3 heteroatoms. The van der Waals surface area contributed by atoms with Crippen molar-refractivity contribution in [3.8, 4) is 6.07 Å². The summed E-state index contributed by atoms with van der Waals surface area (Å²) in [7, 11) is 0. The first-order chi connectivity index (χ1) is 13.2. The minimum Gasteiger partial charge on any atom is -0.303 e. The highest BCUT2D eigenvalue weighted by atomic mass is 19.1. The van der Waals surface area contributed by atoms with E-state index < -0.39 is 5.41 Å². The highest BCUT2D eigenvalue weighted by molar-refractivity contribution is 5.35. The average molecular weight is 365 g/mol. The number of rotatable bonds is 10. The van der Waals surface area contributed by atoms with Crippen molar-refractivity contribution in [3.05, 3.63) is 71.5 Å². The van der Waals surface area contributed by atoms with Gasteiger partial charge in [0.15, 0.2) is 0 Å². The third kappa shape index (κ3) is 4.96. The van der Waals surface area contributed by atoms with Crippen LogP contribution >= 0.6 is 0 Å². The third-order valence-corrected chi connectivity index (χ3v) is 5.89. The molecule has 2 aromatic rings. The standard InChI is InChI=1S/C24H29FN2/c1-2-27(18-15-20-7-4-3-5-8-20)17-6-16-24(19-26,21-9-10-21)22-11-13-23(25)14-12-22/h3-5,7-8,11-14,21H,2,6,9-10,15-18H2,1H3. The summed E-state index contributed by atoms with van der Waals surface area (Å²) in [5.41, 5.74) is 1.90. The Morgan fingerprint density at radius 3 is 2.37 bits per heavy atom. The lowest BCUT2D eigenvalue weighted by atomic mass is 9.74. The molecule has 0 bridgehead atoms. The van der Waals surface area contributed by atoms with Gasteiger partial charge in [0.05, 0.1) is 11.5 Å². The number of hydrogen-bond acceptors (Lipinski definition) is 2. The lowest BCUT2D eigenvalue weighted by molar-refractivity contribution is 0.272. The van der Waals surface area contributed by atoms with Gasteiger partial charge in [0, 0.05) is 6.54 Å². The van der Waals surface area contributed by atoms with Gasteiger partial charge in [-0.2, -0.15) is 5.26 Å². The predicted octanol–water partition coefficient (Wildman–Crippen LogP) is 5.34. The maximum Gasteiger partial charge on any atom is 0.123 e. The Morgan fingerprint density at radius 2 is 1.78 bits per heavy atom. The summed E-state index contributed by atoms with van der Waals surface area (Å²) in [6.45, 7) is 5.26. The second-order valence-electron chi connectivity index (χ2n) is 7.64. The number of hydrogen-bond donors (Lipinski definition) is 0. The molecule has 2 nitrogen and oxygen atoms in total. The Hall–Kier alpha value is -2.18. The first-order valence-corrected chi connectivity index (χ1v) is 10.1. The van der Waals surface area contributed by atoms with Gasteiger partial charge >= 0.3 is 0 Å². The Bertz CT molecular complexity index is 746. The summed E-state index contributed by atoms with van der Waals surface area (Å²) in [4.78, 5) is 2.46. The van der Waals surface area contributed by atoms with E-state index in [1.165, 1.54) is 17.7 Å². The Balaban J connectivity index is 1.58. The molecule has 142 valence electrons. The van der Waals surface area contributed by atoms with Crippen molar-refractivity contribution in [2.75, 3.05) is 19.6 Å². The average Bonchev–Trinajstić information content (AvgIpc) is 3.55. The molecular weight excluding hydrogens is 335 g/mol. The monoisotopic (exact) mass is 364 g/mol. The molecule has 0 amide bonds. The van der Waals surface area contributed by atoms with E-state index >= 15 is 0 Å². The van der Waals surface area contributed by atoms with Crippen LogP contribution in [0.1, 0.15) is 43.7 Å². The van der Waals surface area contributed by atoms with Crippen molar-refractivity contribution in [2.45, 2.75) is 44.4 Å². The van der Waals surface area contributed by atoms with Crippen LogP contribution in [0.25, 0.3) is 0 Å². The molecule has 0 N–H and O–H groups in total. The van der Waals surface area contributed by atoms with E-state index in [9.17, 15) is 9.65 Å². The Labute approximate surface area is 162 Å². The van der Waals surface area contributed by atoms with Crippen LogP contribution in [0.3, 0.4) is 0 Å². The summed E-state index contributed by atoms with van der Waals surface area (Å²) in [6, 6.07) is 19.8. The fourth-order valence-electron chi connectivity index (χ4n) is 4.06. The van der Waals surface area contributed by atoms with E-state index in [0.717, 1.165) is 57.3 Å². The van der Waals surface area contributed by atoms with Crippen molar-refractivity contribution in [2.24, 2.45) is 5.92 Å². The molecule has 1 saturated carbocycles. The number of nitrogens with zero attached hydrogens (tertiary/aromatic N) is 2. The number of benzene rings is 2. The Morgan fingerprint density at radius 1 is 1.07 bits per heavy atom. The molecule has 27 heavy (non-hydrogen) atoms. The van der Waals surface area contributed by atoms with Crippen molar-refractivity contribution >= 4 is 0 Å². The highest BCUT2D eigenvalue weighted by Gasteiger charge is 2.46. The fraction of sp³-hybridized carbons (Fsp3) is 0.458. The summed E-state index contributed by atoms with van der Waals surface area (Å²) in [5, 5.41) is 10.0. The summed E-state index contributed by atoms with van der Waals surface area (Å²) < 4.78 is 13.3. The maximum absolute atomic E-state index is 13.3. The van der Waals surface area contributed by atoms with E-state index in [-0.39, 0.29) is 5.82 Å². The molecule has 0 heterocycles. The van der Waals surface area contributed by atoms with Gasteiger partial charge in [-0.1, -0.05) is 49.4 Å². The SMILES string of the molecule is CCN(CCCC(C#N)(c1ccc(F)cc1)C1CC1)CCc1ccccc1. The van der Waals surface area contributed by atoms with Gasteiger partial charge in [-0.3, -0.25) is 0 Å². The van der Waals surface area contributed by atoms with Gasteiger partial charge in [-0.05, 0) is 74.4 Å². The van der Waals surface area contributed by atoms with Crippen LogP contribution in [0.2, 0.25) is 0 Å². The maximum atomic E-state index is 13.3. The van der Waals surface area contributed by atoms with Gasteiger partial charge in [-0.15, -0.1) is 0 Å². The Kier molecular flexibility index (Phi) is 6.63. The van der Waals surface area contributed by atoms with Crippen molar-refractivity contribution in [3.63, 3.8) is 0 Å². The smallest absolute Gasteiger partial charge is 0.123 e. The minimum atomic E-state index is -0.452. The van der Waals surface area contributed by atoms with Crippen LogP contribution < -0.4 is 0 Å². The highest BCUT2D eigenvalue weighted by Crippen LogP contribution is 2.49. The molecule has 1 aliphatic carbocycles. The first-order valence-electron chi connectivity index (χ1n) is 10.1. The zero-order valence-electron chi connectivity index (χ0n) is 16.2.